The van der Waals surface area contributed by atoms with E-state index < -0.39 is 0 Å². The normalized spacial score (nSPS) is 21.2. The topological polar surface area (TPSA) is 30.2 Å². The van der Waals surface area contributed by atoms with Crippen molar-refractivity contribution in [1.82, 2.24) is 0 Å². The lowest BCUT2D eigenvalue weighted by Gasteiger charge is -2.19. The van der Waals surface area contributed by atoms with E-state index >= 15 is 0 Å². The van der Waals surface area contributed by atoms with Crippen molar-refractivity contribution in [1.29, 1.82) is 0 Å². The molecule has 1 heterocycles. The van der Waals surface area contributed by atoms with E-state index in [9.17, 15) is 4.79 Å². The van der Waals surface area contributed by atoms with Crippen molar-refractivity contribution in [3.8, 4) is 0 Å². The molecule has 1 aromatic rings. The third-order valence-corrected chi connectivity index (χ3v) is 2.71. The first-order chi connectivity index (χ1) is 6.18. The summed E-state index contributed by atoms with van der Waals surface area (Å²) in [6.45, 7) is 3.96. The third kappa shape index (κ3) is 1.41. The fraction of sp³-hybridized carbons (Fsp3) is 0.545. The van der Waals surface area contributed by atoms with E-state index in [0.29, 0.717) is 5.92 Å². The number of fused-ring (bicyclic) bond motifs is 1. The molecule has 1 atom stereocenters. The van der Waals surface area contributed by atoms with Gasteiger partial charge in [-0.2, -0.15) is 0 Å². The third-order valence-electron chi connectivity index (χ3n) is 2.71. The van der Waals surface area contributed by atoms with E-state index in [-0.39, 0.29) is 5.43 Å². The van der Waals surface area contributed by atoms with Gasteiger partial charge in [-0.15, -0.1) is 0 Å². The molecular formula is C11H14O2. The van der Waals surface area contributed by atoms with Crippen molar-refractivity contribution < 1.29 is 4.42 Å². The molecule has 0 saturated heterocycles. The van der Waals surface area contributed by atoms with Gasteiger partial charge in [-0.25, -0.2) is 0 Å². The SMILES string of the molecule is Cc1cc(=O)c2c(o1)C(C)CCC2. The highest BCUT2D eigenvalue weighted by atomic mass is 16.3. The molecule has 0 fully saturated rings. The van der Waals surface area contributed by atoms with Crippen LogP contribution in [0.25, 0.3) is 0 Å². The lowest BCUT2D eigenvalue weighted by atomic mass is 9.89. The Morgan fingerprint density at radius 3 is 3.08 bits per heavy atom. The zero-order valence-electron chi connectivity index (χ0n) is 8.09. The molecule has 0 bridgehead atoms. The maximum Gasteiger partial charge on any atom is 0.188 e. The molecular weight excluding hydrogens is 164 g/mol. The van der Waals surface area contributed by atoms with E-state index in [1.807, 2.05) is 6.92 Å². The summed E-state index contributed by atoms with van der Waals surface area (Å²) in [5.74, 6) is 2.07. The van der Waals surface area contributed by atoms with Gasteiger partial charge in [0.05, 0.1) is 0 Å². The zero-order chi connectivity index (χ0) is 9.42. The maximum atomic E-state index is 11.6. The first-order valence-electron chi connectivity index (χ1n) is 4.82. The summed E-state index contributed by atoms with van der Waals surface area (Å²) in [6.07, 6.45) is 3.14. The smallest absolute Gasteiger partial charge is 0.188 e. The summed E-state index contributed by atoms with van der Waals surface area (Å²) in [4.78, 5) is 11.6. The minimum atomic E-state index is 0.158. The van der Waals surface area contributed by atoms with Crippen LogP contribution in [0, 0.1) is 6.92 Å². The Morgan fingerprint density at radius 2 is 2.31 bits per heavy atom. The number of hydrogen-bond donors (Lipinski definition) is 0. The number of hydrogen-bond acceptors (Lipinski definition) is 2. The van der Waals surface area contributed by atoms with Crippen LogP contribution in [0.3, 0.4) is 0 Å². The number of aryl methyl sites for hydroxylation is 1. The highest BCUT2D eigenvalue weighted by Crippen LogP contribution is 2.29. The predicted molar refractivity (Wildman–Crippen MR) is 51.1 cm³/mol. The van der Waals surface area contributed by atoms with Gasteiger partial charge in [0.25, 0.3) is 0 Å². The molecule has 2 rings (SSSR count). The van der Waals surface area contributed by atoms with Gasteiger partial charge >= 0.3 is 0 Å². The molecule has 1 aromatic heterocycles. The van der Waals surface area contributed by atoms with Gasteiger partial charge < -0.3 is 4.42 Å². The summed E-state index contributed by atoms with van der Waals surface area (Å²) in [5, 5.41) is 0. The standard InChI is InChI=1S/C11H14O2/c1-7-4-3-5-9-10(12)6-8(2)13-11(7)9/h6-7H,3-5H2,1-2H3. The highest BCUT2D eigenvalue weighted by molar-refractivity contribution is 5.24. The van der Waals surface area contributed by atoms with Crippen LogP contribution >= 0.6 is 0 Å². The number of rotatable bonds is 0. The van der Waals surface area contributed by atoms with Crippen molar-refractivity contribution in [2.24, 2.45) is 0 Å². The Kier molecular flexibility index (Phi) is 1.98. The van der Waals surface area contributed by atoms with Gasteiger partial charge in [0.2, 0.25) is 0 Å². The van der Waals surface area contributed by atoms with Gasteiger partial charge in [0.1, 0.15) is 11.5 Å². The first kappa shape index (κ1) is 8.54. The van der Waals surface area contributed by atoms with Gasteiger partial charge in [-0.05, 0) is 26.2 Å². The minimum Gasteiger partial charge on any atom is -0.466 e. The van der Waals surface area contributed by atoms with Crippen LogP contribution in [0.2, 0.25) is 0 Å². The molecule has 0 amide bonds. The lowest BCUT2D eigenvalue weighted by Crippen LogP contribution is -2.17. The minimum absolute atomic E-state index is 0.158. The van der Waals surface area contributed by atoms with Crippen molar-refractivity contribution in [3.05, 3.63) is 33.4 Å². The average Bonchev–Trinajstić information content (AvgIpc) is 2.07. The van der Waals surface area contributed by atoms with Crippen LogP contribution in [-0.4, -0.2) is 0 Å². The summed E-state index contributed by atoms with van der Waals surface area (Å²) in [7, 11) is 0. The molecule has 0 aliphatic heterocycles. The van der Waals surface area contributed by atoms with Crippen LogP contribution in [0.5, 0.6) is 0 Å². The summed E-state index contributed by atoms with van der Waals surface area (Å²) < 4.78 is 5.59. The molecule has 0 N–H and O–H groups in total. The second kappa shape index (κ2) is 3.02. The summed E-state index contributed by atoms with van der Waals surface area (Å²) in [6, 6.07) is 1.59. The lowest BCUT2D eigenvalue weighted by molar-refractivity contribution is 0.394. The molecule has 1 aliphatic rings. The Hall–Kier alpha value is -1.05. The Morgan fingerprint density at radius 1 is 1.54 bits per heavy atom. The molecule has 2 nitrogen and oxygen atoms in total. The fourth-order valence-electron chi connectivity index (χ4n) is 2.02. The molecule has 1 aliphatic carbocycles. The largest absolute Gasteiger partial charge is 0.466 e. The van der Waals surface area contributed by atoms with Crippen LogP contribution in [-0.2, 0) is 6.42 Å². The zero-order valence-corrected chi connectivity index (χ0v) is 8.09. The van der Waals surface area contributed by atoms with Gasteiger partial charge in [0, 0.05) is 17.5 Å². The summed E-state index contributed by atoms with van der Waals surface area (Å²) in [5.41, 5.74) is 1.06. The maximum absolute atomic E-state index is 11.6. The molecule has 0 spiro atoms. The van der Waals surface area contributed by atoms with Crippen LogP contribution in [0.15, 0.2) is 15.3 Å². The molecule has 70 valence electrons. The predicted octanol–water partition coefficient (Wildman–Crippen LogP) is 2.39. The molecule has 0 saturated carbocycles. The molecule has 0 aromatic carbocycles. The van der Waals surface area contributed by atoms with Gasteiger partial charge in [-0.1, -0.05) is 6.92 Å². The quantitative estimate of drug-likeness (QED) is 0.610. The Labute approximate surface area is 77.6 Å². The van der Waals surface area contributed by atoms with E-state index in [4.69, 9.17) is 4.42 Å². The first-order valence-corrected chi connectivity index (χ1v) is 4.82. The van der Waals surface area contributed by atoms with Crippen molar-refractivity contribution in [3.63, 3.8) is 0 Å². The highest BCUT2D eigenvalue weighted by Gasteiger charge is 2.21. The second-order valence-electron chi connectivity index (χ2n) is 3.86. The fourth-order valence-corrected chi connectivity index (χ4v) is 2.02. The van der Waals surface area contributed by atoms with Crippen LogP contribution in [0.4, 0.5) is 0 Å². The van der Waals surface area contributed by atoms with Crippen LogP contribution < -0.4 is 5.43 Å². The van der Waals surface area contributed by atoms with Crippen molar-refractivity contribution in [2.75, 3.05) is 0 Å². The Balaban J connectivity index is 2.63. The second-order valence-corrected chi connectivity index (χ2v) is 3.86. The van der Waals surface area contributed by atoms with E-state index in [2.05, 4.69) is 6.92 Å². The molecule has 1 unspecified atom stereocenters. The van der Waals surface area contributed by atoms with E-state index in [0.717, 1.165) is 36.3 Å². The average molecular weight is 178 g/mol. The van der Waals surface area contributed by atoms with Gasteiger partial charge in [0.15, 0.2) is 5.43 Å². The summed E-state index contributed by atoms with van der Waals surface area (Å²) >= 11 is 0. The Bertz CT molecular complexity index is 376. The molecule has 2 heteroatoms. The molecule has 13 heavy (non-hydrogen) atoms. The van der Waals surface area contributed by atoms with Crippen molar-refractivity contribution >= 4 is 0 Å². The van der Waals surface area contributed by atoms with E-state index in [1.165, 1.54) is 0 Å². The van der Waals surface area contributed by atoms with Crippen LogP contribution in [0.1, 0.15) is 42.8 Å². The van der Waals surface area contributed by atoms with Crippen molar-refractivity contribution in [2.45, 2.75) is 39.0 Å². The monoisotopic (exact) mass is 178 g/mol. The van der Waals surface area contributed by atoms with Gasteiger partial charge in [-0.3, -0.25) is 4.79 Å². The van der Waals surface area contributed by atoms with E-state index in [1.54, 1.807) is 6.07 Å². The molecule has 0 radical (unpaired) electrons.